The zero-order valence-corrected chi connectivity index (χ0v) is 16.0. The Kier molecular flexibility index (Phi) is 7.95. The highest BCUT2D eigenvalue weighted by atomic mass is 35.5. The van der Waals surface area contributed by atoms with E-state index in [1.165, 1.54) is 7.11 Å². The van der Waals surface area contributed by atoms with Crippen LogP contribution in [-0.4, -0.2) is 26.0 Å². The number of methoxy groups -OCH3 is 1. The van der Waals surface area contributed by atoms with Gasteiger partial charge in [-0.05, 0) is 48.4 Å². The number of benzene rings is 2. The van der Waals surface area contributed by atoms with Crippen LogP contribution in [0.2, 0.25) is 5.02 Å². The van der Waals surface area contributed by atoms with Gasteiger partial charge >= 0.3 is 12.1 Å². The van der Waals surface area contributed by atoms with Crippen molar-refractivity contribution in [3.63, 3.8) is 0 Å². The maximum Gasteiger partial charge on any atom is 0.410 e. The monoisotopic (exact) mass is 391 g/mol. The summed E-state index contributed by atoms with van der Waals surface area (Å²) in [7, 11) is 1.54. The number of rotatable bonds is 8. The van der Waals surface area contributed by atoms with Gasteiger partial charge in [0.1, 0.15) is 5.75 Å². The molecule has 6 nitrogen and oxygen atoms in total. The number of halogens is 1. The predicted molar refractivity (Wildman–Crippen MR) is 102 cm³/mol. The molecule has 1 amide bonds. The van der Waals surface area contributed by atoms with E-state index < -0.39 is 18.9 Å². The molecule has 2 aromatic rings. The summed E-state index contributed by atoms with van der Waals surface area (Å²) in [5.74, 6) is 0.0413. The molecule has 0 saturated heterocycles. The topological polar surface area (TPSA) is 73.9 Å². The molecule has 0 fully saturated rings. The molecular formula is C20H22ClNO5. The minimum Gasteiger partial charge on any atom is -0.497 e. The van der Waals surface area contributed by atoms with E-state index in [9.17, 15) is 9.59 Å². The molecule has 0 aliphatic rings. The van der Waals surface area contributed by atoms with Gasteiger partial charge in [-0.3, -0.25) is 0 Å². The summed E-state index contributed by atoms with van der Waals surface area (Å²) in [6, 6.07) is 13.5. The number of nitrogens with one attached hydrogen (secondary N) is 1. The number of hydrogen-bond donors (Lipinski definition) is 1. The molecule has 7 heteroatoms. The van der Waals surface area contributed by atoms with Crippen molar-refractivity contribution in [3.05, 3.63) is 64.7 Å². The lowest BCUT2D eigenvalue weighted by atomic mass is 10.0. The first-order valence-corrected chi connectivity index (χ1v) is 8.91. The molecule has 0 aliphatic carbocycles. The Hall–Kier alpha value is -2.73. The maximum atomic E-state index is 12.0. The maximum absolute atomic E-state index is 12.0. The van der Waals surface area contributed by atoms with E-state index >= 15 is 0 Å². The quantitative estimate of drug-likeness (QED) is 0.520. The van der Waals surface area contributed by atoms with Crippen molar-refractivity contribution in [1.29, 1.82) is 0 Å². The van der Waals surface area contributed by atoms with Gasteiger partial charge in [-0.2, -0.15) is 0 Å². The molecule has 0 spiro atoms. The molecule has 0 saturated carbocycles. The first kappa shape index (κ1) is 20.6. The Morgan fingerprint density at radius 1 is 1.04 bits per heavy atom. The minimum absolute atomic E-state index is 0.211. The summed E-state index contributed by atoms with van der Waals surface area (Å²) in [5, 5.41) is 3.40. The average Bonchev–Trinajstić information content (AvgIpc) is 2.68. The number of carbonyl (C=O) groups is 2. The molecule has 0 heterocycles. The van der Waals surface area contributed by atoms with Gasteiger partial charge in [0.15, 0.2) is 0 Å². The van der Waals surface area contributed by atoms with E-state index in [0.717, 1.165) is 18.4 Å². The van der Waals surface area contributed by atoms with Crippen LogP contribution < -0.4 is 10.1 Å². The van der Waals surface area contributed by atoms with Gasteiger partial charge in [-0.15, -0.1) is 0 Å². The third-order valence-electron chi connectivity index (χ3n) is 3.85. The average molecular weight is 392 g/mol. The van der Waals surface area contributed by atoms with Crippen LogP contribution in [0.1, 0.15) is 41.7 Å². The SMILES string of the molecule is CCCC(NC(=O)OCOC(=O)c1ccc(OC)cc1)c1ccc(Cl)cc1. The summed E-state index contributed by atoms with van der Waals surface area (Å²) < 4.78 is 14.9. The normalized spacial score (nSPS) is 11.4. The number of carbonyl (C=O) groups excluding carboxylic acids is 2. The van der Waals surface area contributed by atoms with Gasteiger partial charge < -0.3 is 19.5 Å². The van der Waals surface area contributed by atoms with E-state index in [-0.39, 0.29) is 6.04 Å². The summed E-state index contributed by atoms with van der Waals surface area (Å²) in [4.78, 5) is 23.9. The van der Waals surface area contributed by atoms with Crippen LogP contribution in [-0.2, 0) is 9.47 Å². The Balaban J connectivity index is 1.82. The Morgan fingerprint density at radius 2 is 1.70 bits per heavy atom. The van der Waals surface area contributed by atoms with Crippen molar-refractivity contribution < 1.29 is 23.8 Å². The molecule has 0 radical (unpaired) electrons. The smallest absolute Gasteiger partial charge is 0.410 e. The molecule has 0 aliphatic heterocycles. The van der Waals surface area contributed by atoms with Crippen LogP contribution in [0.5, 0.6) is 5.75 Å². The van der Waals surface area contributed by atoms with Crippen molar-refractivity contribution in [2.45, 2.75) is 25.8 Å². The number of ether oxygens (including phenoxy) is 3. The Labute approximate surface area is 163 Å². The van der Waals surface area contributed by atoms with E-state index in [0.29, 0.717) is 16.3 Å². The van der Waals surface area contributed by atoms with Crippen molar-refractivity contribution in [2.24, 2.45) is 0 Å². The lowest BCUT2D eigenvalue weighted by Gasteiger charge is -2.18. The van der Waals surface area contributed by atoms with E-state index in [4.69, 9.17) is 25.8 Å². The van der Waals surface area contributed by atoms with Gasteiger partial charge in [0.25, 0.3) is 0 Å². The number of esters is 1. The molecule has 0 aromatic heterocycles. The van der Waals surface area contributed by atoms with Crippen LogP contribution in [0.4, 0.5) is 4.79 Å². The van der Waals surface area contributed by atoms with E-state index in [2.05, 4.69) is 5.32 Å². The molecule has 1 atom stereocenters. The molecule has 2 rings (SSSR count). The number of amides is 1. The highest BCUT2D eigenvalue weighted by Gasteiger charge is 2.15. The summed E-state index contributed by atoms with van der Waals surface area (Å²) >= 11 is 5.90. The van der Waals surface area contributed by atoms with Gasteiger partial charge in [0.2, 0.25) is 6.79 Å². The minimum atomic E-state index is -0.661. The largest absolute Gasteiger partial charge is 0.497 e. The highest BCUT2D eigenvalue weighted by Crippen LogP contribution is 2.21. The fraction of sp³-hybridized carbons (Fsp3) is 0.300. The van der Waals surface area contributed by atoms with Crippen LogP contribution in [0.15, 0.2) is 48.5 Å². The Morgan fingerprint density at radius 3 is 2.30 bits per heavy atom. The van der Waals surface area contributed by atoms with Gasteiger partial charge in [-0.25, -0.2) is 9.59 Å². The number of alkyl carbamates (subject to hydrolysis) is 1. The predicted octanol–water partition coefficient (Wildman–Crippen LogP) is 4.73. The van der Waals surface area contributed by atoms with E-state index in [1.807, 2.05) is 19.1 Å². The zero-order chi connectivity index (χ0) is 19.6. The molecule has 1 unspecified atom stereocenters. The summed E-state index contributed by atoms with van der Waals surface area (Å²) in [6.07, 6.45) is 0.952. The van der Waals surface area contributed by atoms with E-state index in [1.54, 1.807) is 36.4 Å². The van der Waals surface area contributed by atoms with Crippen molar-refractivity contribution in [3.8, 4) is 5.75 Å². The molecular weight excluding hydrogens is 370 g/mol. The third-order valence-corrected chi connectivity index (χ3v) is 4.10. The van der Waals surface area contributed by atoms with Gasteiger partial charge in [0.05, 0.1) is 18.7 Å². The second kappa shape index (κ2) is 10.4. The standard InChI is InChI=1S/C20H22ClNO5/c1-3-4-18(14-5-9-16(21)10-6-14)22-20(24)27-13-26-19(23)15-7-11-17(25-2)12-8-15/h5-12,18H,3-4,13H2,1-2H3,(H,22,24). The van der Waals surface area contributed by atoms with Crippen LogP contribution >= 0.6 is 11.6 Å². The molecule has 144 valence electrons. The van der Waals surface area contributed by atoms with Crippen LogP contribution in [0, 0.1) is 0 Å². The molecule has 1 N–H and O–H groups in total. The first-order valence-electron chi connectivity index (χ1n) is 8.53. The highest BCUT2D eigenvalue weighted by molar-refractivity contribution is 6.30. The first-order chi connectivity index (χ1) is 13.0. The van der Waals surface area contributed by atoms with Gasteiger partial charge in [-0.1, -0.05) is 37.1 Å². The zero-order valence-electron chi connectivity index (χ0n) is 15.2. The van der Waals surface area contributed by atoms with Crippen molar-refractivity contribution >= 4 is 23.7 Å². The Bertz CT molecular complexity index is 746. The molecule has 0 bridgehead atoms. The van der Waals surface area contributed by atoms with Crippen LogP contribution in [0.25, 0.3) is 0 Å². The third kappa shape index (κ3) is 6.49. The second-order valence-corrected chi connectivity index (χ2v) is 6.18. The fourth-order valence-corrected chi connectivity index (χ4v) is 2.56. The van der Waals surface area contributed by atoms with Gasteiger partial charge in [0, 0.05) is 5.02 Å². The lowest BCUT2D eigenvalue weighted by Crippen LogP contribution is -2.30. The number of hydrogen-bond acceptors (Lipinski definition) is 5. The van der Waals surface area contributed by atoms with Crippen molar-refractivity contribution in [2.75, 3.05) is 13.9 Å². The second-order valence-electron chi connectivity index (χ2n) is 5.75. The molecule has 27 heavy (non-hydrogen) atoms. The lowest BCUT2D eigenvalue weighted by molar-refractivity contribution is -0.00302. The molecule has 2 aromatic carbocycles. The summed E-state index contributed by atoms with van der Waals surface area (Å²) in [5.41, 5.74) is 1.26. The van der Waals surface area contributed by atoms with Crippen LogP contribution in [0.3, 0.4) is 0 Å². The summed E-state index contributed by atoms with van der Waals surface area (Å²) in [6.45, 7) is 1.54. The fourth-order valence-electron chi connectivity index (χ4n) is 2.44. The van der Waals surface area contributed by atoms with Crippen molar-refractivity contribution in [1.82, 2.24) is 5.32 Å².